The molecule has 1 saturated heterocycles. The minimum absolute atomic E-state index is 0.634. The van der Waals surface area contributed by atoms with Crippen LogP contribution in [0.3, 0.4) is 0 Å². The average Bonchev–Trinajstić information content (AvgIpc) is 2.47. The van der Waals surface area contributed by atoms with Crippen molar-refractivity contribution in [3.8, 4) is 0 Å². The predicted octanol–water partition coefficient (Wildman–Crippen LogP) is 4.06. The summed E-state index contributed by atoms with van der Waals surface area (Å²) in [5.41, 5.74) is 0. The SMILES string of the molecule is CCCC1CCC(N2CCCC(CNC(C)C)C2)CC1. The van der Waals surface area contributed by atoms with Crippen LogP contribution in [-0.2, 0) is 0 Å². The Morgan fingerprint density at radius 2 is 1.80 bits per heavy atom. The van der Waals surface area contributed by atoms with Crippen LogP contribution in [0.25, 0.3) is 0 Å². The zero-order valence-corrected chi connectivity index (χ0v) is 14.0. The molecule has 1 aliphatic heterocycles. The molecular formula is C18H36N2. The molecule has 2 aliphatic rings. The summed E-state index contributed by atoms with van der Waals surface area (Å²) in [4.78, 5) is 2.83. The van der Waals surface area contributed by atoms with Crippen LogP contribution in [0, 0.1) is 11.8 Å². The molecular weight excluding hydrogens is 244 g/mol. The average molecular weight is 281 g/mol. The van der Waals surface area contributed by atoms with Gasteiger partial charge in [-0.25, -0.2) is 0 Å². The van der Waals surface area contributed by atoms with Gasteiger partial charge in [-0.1, -0.05) is 33.6 Å². The molecule has 0 amide bonds. The zero-order valence-electron chi connectivity index (χ0n) is 14.0. The van der Waals surface area contributed by atoms with Crippen molar-refractivity contribution in [2.45, 2.75) is 84.2 Å². The standard InChI is InChI=1S/C18H36N2/c1-4-6-16-8-10-18(11-9-16)20-12-5-7-17(14-20)13-19-15(2)3/h15-19H,4-14H2,1-3H3. The van der Waals surface area contributed by atoms with Crippen molar-refractivity contribution in [3.05, 3.63) is 0 Å². The van der Waals surface area contributed by atoms with Crippen molar-refractivity contribution in [1.29, 1.82) is 0 Å². The van der Waals surface area contributed by atoms with Crippen LogP contribution < -0.4 is 5.32 Å². The van der Waals surface area contributed by atoms with Gasteiger partial charge in [0.05, 0.1) is 0 Å². The quantitative estimate of drug-likeness (QED) is 0.789. The van der Waals surface area contributed by atoms with E-state index in [4.69, 9.17) is 0 Å². The Kier molecular flexibility index (Phi) is 6.83. The first-order chi connectivity index (χ1) is 9.69. The van der Waals surface area contributed by atoms with E-state index < -0.39 is 0 Å². The number of likely N-dealkylation sites (tertiary alicyclic amines) is 1. The highest BCUT2D eigenvalue weighted by Gasteiger charge is 2.29. The summed E-state index contributed by atoms with van der Waals surface area (Å²) in [7, 11) is 0. The molecule has 1 aliphatic carbocycles. The topological polar surface area (TPSA) is 15.3 Å². The summed E-state index contributed by atoms with van der Waals surface area (Å²) in [6.07, 6.45) is 11.6. The Morgan fingerprint density at radius 1 is 1.05 bits per heavy atom. The van der Waals surface area contributed by atoms with E-state index in [1.54, 1.807) is 0 Å². The lowest BCUT2D eigenvalue weighted by Crippen LogP contribution is -2.46. The minimum atomic E-state index is 0.634. The molecule has 1 unspecified atom stereocenters. The molecule has 0 aromatic heterocycles. The van der Waals surface area contributed by atoms with Gasteiger partial charge in [0.2, 0.25) is 0 Å². The van der Waals surface area contributed by atoms with Crippen LogP contribution in [0.1, 0.15) is 72.1 Å². The van der Waals surface area contributed by atoms with Crippen LogP contribution in [-0.4, -0.2) is 36.6 Å². The van der Waals surface area contributed by atoms with Gasteiger partial charge in [0.25, 0.3) is 0 Å². The van der Waals surface area contributed by atoms with Gasteiger partial charge in [-0.2, -0.15) is 0 Å². The van der Waals surface area contributed by atoms with Gasteiger partial charge in [-0.05, 0) is 63.5 Å². The molecule has 1 atom stereocenters. The van der Waals surface area contributed by atoms with Gasteiger partial charge < -0.3 is 10.2 Å². The van der Waals surface area contributed by atoms with Crippen molar-refractivity contribution in [2.24, 2.45) is 11.8 Å². The summed E-state index contributed by atoms with van der Waals surface area (Å²) >= 11 is 0. The van der Waals surface area contributed by atoms with E-state index >= 15 is 0 Å². The van der Waals surface area contributed by atoms with Gasteiger partial charge in [0.1, 0.15) is 0 Å². The highest BCUT2D eigenvalue weighted by molar-refractivity contribution is 4.84. The summed E-state index contributed by atoms with van der Waals surface area (Å²) < 4.78 is 0. The van der Waals surface area contributed by atoms with E-state index in [1.807, 2.05) is 0 Å². The van der Waals surface area contributed by atoms with E-state index in [9.17, 15) is 0 Å². The summed E-state index contributed by atoms with van der Waals surface area (Å²) in [6.45, 7) is 10.8. The van der Waals surface area contributed by atoms with Crippen LogP contribution in [0.2, 0.25) is 0 Å². The van der Waals surface area contributed by atoms with Crippen LogP contribution in [0.15, 0.2) is 0 Å². The molecule has 2 rings (SSSR count). The van der Waals surface area contributed by atoms with E-state index in [0.717, 1.165) is 17.9 Å². The van der Waals surface area contributed by atoms with E-state index in [0.29, 0.717) is 6.04 Å². The molecule has 2 nitrogen and oxygen atoms in total. The molecule has 1 N–H and O–H groups in total. The highest BCUT2D eigenvalue weighted by atomic mass is 15.2. The normalized spacial score (nSPS) is 32.7. The molecule has 2 fully saturated rings. The summed E-state index contributed by atoms with van der Waals surface area (Å²) in [5, 5.41) is 3.64. The van der Waals surface area contributed by atoms with E-state index in [-0.39, 0.29) is 0 Å². The molecule has 20 heavy (non-hydrogen) atoms. The third kappa shape index (κ3) is 5.04. The second-order valence-corrected chi connectivity index (χ2v) is 7.53. The van der Waals surface area contributed by atoms with Gasteiger partial charge in [0, 0.05) is 18.6 Å². The van der Waals surface area contributed by atoms with Gasteiger partial charge in [-0.15, -0.1) is 0 Å². The fourth-order valence-corrected chi connectivity index (χ4v) is 4.20. The lowest BCUT2D eigenvalue weighted by Gasteiger charge is -2.41. The Hall–Kier alpha value is -0.0800. The Labute approximate surface area is 126 Å². The van der Waals surface area contributed by atoms with Crippen molar-refractivity contribution in [2.75, 3.05) is 19.6 Å². The number of hydrogen-bond donors (Lipinski definition) is 1. The predicted molar refractivity (Wildman–Crippen MR) is 88.1 cm³/mol. The molecule has 0 aromatic rings. The number of nitrogens with zero attached hydrogens (tertiary/aromatic N) is 1. The van der Waals surface area contributed by atoms with Gasteiger partial charge >= 0.3 is 0 Å². The third-order valence-electron chi connectivity index (χ3n) is 5.39. The maximum absolute atomic E-state index is 3.64. The molecule has 1 saturated carbocycles. The summed E-state index contributed by atoms with van der Waals surface area (Å²) in [6, 6.07) is 1.54. The minimum Gasteiger partial charge on any atom is -0.314 e. The van der Waals surface area contributed by atoms with Crippen molar-refractivity contribution in [1.82, 2.24) is 10.2 Å². The number of hydrogen-bond acceptors (Lipinski definition) is 2. The Morgan fingerprint density at radius 3 is 2.45 bits per heavy atom. The molecule has 2 heteroatoms. The van der Waals surface area contributed by atoms with Gasteiger partial charge in [-0.3, -0.25) is 0 Å². The maximum Gasteiger partial charge on any atom is 0.00955 e. The zero-order chi connectivity index (χ0) is 14.4. The number of rotatable bonds is 6. The lowest BCUT2D eigenvalue weighted by molar-refractivity contribution is 0.0847. The fourth-order valence-electron chi connectivity index (χ4n) is 4.20. The number of nitrogens with one attached hydrogen (secondary N) is 1. The lowest BCUT2D eigenvalue weighted by atomic mass is 9.82. The van der Waals surface area contributed by atoms with E-state index in [2.05, 4.69) is 31.0 Å². The van der Waals surface area contributed by atoms with Crippen molar-refractivity contribution in [3.63, 3.8) is 0 Å². The van der Waals surface area contributed by atoms with Crippen LogP contribution in [0.5, 0.6) is 0 Å². The second-order valence-electron chi connectivity index (χ2n) is 7.53. The smallest absolute Gasteiger partial charge is 0.00955 e. The molecule has 0 spiro atoms. The van der Waals surface area contributed by atoms with E-state index in [1.165, 1.54) is 71.0 Å². The maximum atomic E-state index is 3.64. The summed E-state index contributed by atoms with van der Waals surface area (Å²) in [5.74, 6) is 1.93. The molecule has 1 heterocycles. The van der Waals surface area contributed by atoms with Gasteiger partial charge in [0.15, 0.2) is 0 Å². The first-order valence-corrected chi connectivity index (χ1v) is 9.16. The first kappa shape index (κ1) is 16.3. The largest absolute Gasteiger partial charge is 0.314 e. The molecule has 118 valence electrons. The van der Waals surface area contributed by atoms with Crippen LogP contribution in [0.4, 0.5) is 0 Å². The monoisotopic (exact) mass is 280 g/mol. The van der Waals surface area contributed by atoms with Crippen molar-refractivity contribution < 1.29 is 0 Å². The third-order valence-corrected chi connectivity index (χ3v) is 5.39. The second kappa shape index (κ2) is 8.38. The van der Waals surface area contributed by atoms with Crippen molar-refractivity contribution >= 4 is 0 Å². The highest BCUT2D eigenvalue weighted by Crippen LogP contribution is 2.32. The first-order valence-electron chi connectivity index (χ1n) is 9.16. The van der Waals surface area contributed by atoms with Crippen LogP contribution >= 0.6 is 0 Å². The molecule has 0 bridgehead atoms. The Bertz CT molecular complexity index is 256. The number of piperidine rings is 1. The Balaban J connectivity index is 1.72. The molecule has 0 aromatic carbocycles. The molecule has 0 radical (unpaired) electrons. The fraction of sp³-hybridized carbons (Fsp3) is 1.00.